The number of imide groups is 1. The van der Waals surface area contributed by atoms with Crippen molar-refractivity contribution in [2.45, 2.75) is 94.7 Å². The SMILES string of the molecule is NC(N)=C(/C=C(\N)c1ccccc1O)N1CC2CCC(C1)N2c1ccc(F)c(OCCN2CCC3(CCC(n4cc(C5CC5)c5cc(N6CCC(=O)NC6=O)cnc54)CC3)CC2)c1. The van der Waals surface area contributed by atoms with Crippen LogP contribution in [0.3, 0.4) is 0 Å². The number of para-hydroxylation sites is 1. The van der Waals surface area contributed by atoms with E-state index in [1.807, 2.05) is 18.2 Å². The molecule has 2 aliphatic carbocycles. The van der Waals surface area contributed by atoms with E-state index in [0.29, 0.717) is 67.0 Å². The Balaban J connectivity index is 0.724. The van der Waals surface area contributed by atoms with Gasteiger partial charge in [0, 0.05) is 85.3 Å². The number of likely N-dealkylation sites (tertiary alicyclic amines) is 2. The lowest BCUT2D eigenvalue weighted by molar-refractivity contribution is -0.120. The normalized spacial score (nSPS) is 23.1. The first-order valence-electron chi connectivity index (χ1n) is 22.8. The molecule has 6 heterocycles. The maximum absolute atomic E-state index is 15.2. The summed E-state index contributed by atoms with van der Waals surface area (Å²) >= 11 is 0. The fourth-order valence-electron chi connectivity index (χ4n) is 11.2. The van der Waals surface area contributed by atoms with Crippen molar-refractivity contribution in [1.82, 2.24) is 24.7 Å². The number of phenols is 1. The summed E-state index contributed by atoms with van der Waals surface area (Å²) in [5.41, 5.74) is 24.7. The van der Waals surface area contributed by atoms with Gasteiger partial charge in [-0.1, -0.05) is 12.1 Å². The number of anilines is 2. The van der Waals surface area contributed by atoms with Gasteiger partial charge in [0.1, 0.15) is 23.8 Å². The first-order chi connectivity index (χ1) is 30.5. The third-order valence-corrected chi connectivity index (χ3v) is 14.9. The van der Waals surface area contributed by atoms with Crippen molar-refractivity contribution >= 4 is 40.0 Å². The number of phenolic OH excluding ortho intramolecular Hbond substituents is 1. The Hall–Kier alpha value is -5.96. The predicted molar refractivity (Wildman–Crippen MR) is 241 cm³/mol. The van der Waals surface area contributed by atoms with E-state index in [-0.39, 0.29) is 47.2 Å². The molecule has 2 unspecified atom stereocenters. The molecule has 10 rings (SSSR count). The molecule has 2 atom stereocenters. The monoisotopic (exact) mass is 858 g/mol. The number of aromatic hydroxyl groups is 1. The lowest BCUT2D eigenvalue weighted by Gasteiger charge is -2.46. The van der Waals surface area contributed by atoms with E-state index in [0.717, 1.165) is 80.6 Å². The third kappa shape index (κ3) is 8.11. The van der Waals surface area contributed by atoms with Crippen LogP contribution in [0.25, 0.3) is 16.7 Å². The number of amides is 3. The molecular weight excluding hydrogens is 800 g/mol. The van der Waals surface area contributed by atoms with Gasteiger partial charge in [-0.25, -0.2) is 14.2 Å². The molecule has 4 saturated heterocycles. The number of rotatable bonds is 11. The number of piperidine rings is 1. The van der Waals surface area contributed by atoms with Gasteiger partial charge in [0.2, 0.25) is 5.91 Å². The van der Waals surface area contributed by atoms with Crippen LogP contribution >= 0.6 is 0 Å². The number of aromatic nitrogens is 2. The Morgan fingerprint density at radius 2 is 1.65 bits per heavy atom. The molecule has 6 aliphatic rings. The molecule has 4 aliphatic heterocycles. The van der Waals surface area contributed by atoms with Gasteiger partial charge in [0.05, 0.1) is 17.6 Å². The summed E-state index contributed by atoms with van der Waals surface area (Å²) in [5, 5.41) is 13.9. The summed E-state index contributed by atoms with van der Waals surface area (Å²) in [6, 6.07) is 14.6. The molecule has 2 saturated carbocycles. The molecule has 4 aromatic rings. The van der Waals surface area contributed by atoms with E-state index in [1.165, 1.54) is 37.3 Å². The van der Waals surface area contributed by atoms with Crippen LogP contribution in [0, 0.1) is 11.2 Å². The molecule has 2 aromatic carbocycles. The zero-order chi connectivity index (χ0) is 43.4. The number of allylic oxidation sites excluding steroid dienone is 1. The lowest BCUT2D eigenvalue weighted by atomic mass is 9.67. The Morgan fingerprint density at radius 1 is 0.905 bits per heavy atom. The van der Waals surface area contributed by atoms with Crippen molar-refractivity contribution in [1.29, 1.82) is 0 Å². The summed E-state index contributed by atoms with van der Waals surface area (Å²) in [6.45, 7) is 4.92. The maximum atomic E-state index is 15.2. The molecule has 63 heavy (non-hydrogen) atoms. The van der Waals surface area contributed by atoms with Gasteiger partial charge in [-0.15, -0.1) is 0 Å². The van der Waals surface area contributed by atoms with E-state index < -0.39 is 0 Å². The van der Waals surface area contributed by atoms with Crippen LogP contribution in [0.15, 0.2) is 78.5 Å². The molecule has 14 nitrogen and oxygen atoms in total. The van der Waals surface area contributed by atoms with Crippen LogP contribution in [0.4, 0.5) is 20.6 Å². The topological polar surface area (TPSA) is 184 Å². The Kier molecular flexibility index (Phi) is 10.8. The van der Waals surface area contributed by atoms with Crippen LogP contribution < -0.4 is 37.1 Å². The van der Waals surface area contributed by atoms with Gasteiger partial charge in [-0.05, 0) is 131 Å². The number of hydrogen-bond acceptors (Lipinski definition) is 11. The summed E-state index contributed by atoms with van der Waals surface area (Å²) in [7, 11) is 0. The predicted octanol–water partition coefficient (Wildman–Crippen LogP) is 6.22. The van der Waals surface area contributed by atoms with Crippen LogP contribution in [0.5, 0.6) is 11.5 Å². The molecule has 2 aromatic heterocycles. The number of urea groups is 1. The second-order valence-corrected chi connectivity index (χ2v) is 18.8. The van der Waals surface area contributed by atoms with Crippen molar-refractivity contribution in [2.75, 3.05) is 55.7 Å². The van der Waals surface area contributed by atoms with Gasteiger partial charge in [0.25, 0.3) is 0 Å². The van der Waals surface area contributed by atoms with Gasteiger partial charge >= 0.3 is 6.03 Å². The minimum atomic E-state index is -0.379. The number of hydrogen-bond donors (Lipinski definition) is 5. The molecular formula is C48H59FN10O4. The first kappa shape index (κ1) is 41.1. The Labute approximate surface area is 367 Å². The Morgan fingerprint density at radius 3 is 2.35 bits per heavy atom. The lowest BCUT2D eigenvalue weighted by Crippen LogP contribution is -2.53. The number of halogens is 1. The summed E-state index contributed by atoms with van der Waals surface area (Å²) < 4.78 is 23.8. The van der Waals surface area contributed by atoms with Crippen molar-refractivity contribution in [3.05, 3.63) is 95.5 Å². The van der Waals surface area contributed by atoms with Crippen LogP contribution in [-0.2, 0) is 4.79 Å². The largest absolute Gasteiger partial charge is 0.507 e. The van der Waals surface area contributed by atoms with E-state index in [9.17, 15) is 14.7 Å². The van der Waals surface area contributed by atoms with Crippen molar-refractivity contribution < 1.29 is 23.8 Å². The highest BCUT2D eigenvalue weighted by Crippen LogP contribution is 2.50. The molecule has 1 spiro atoms. The van der Waals surface area contributed by atoms with Crippen LogP contribution in [0.1, 0.15) is 93.7 Å². The average Bonchev–Trinajstić information content (AvgIpc) is 4.00. The highest BCUT2D eigenvalue weighted by atomic mass is 19.1. The second-order valence-electron chi connectivity index (χ2n) is 18.8. The van der Waals surface area contributed by atoms with Gasteiger partial charge in [-0.3, -0.25) is 19.9 Å². The number of benzene rings is 2. The highest BCUT2D eigenvalue weighted by Gasteiger charge is 2.42. The van der Waals surface area contributed by atoms with Crippen LogP contribution in [0.2, 0.25) is 0 Å². The Bertz CT molecular complexity index is 2450. The number of nitrogens with one attached hydrogen (secondary N) is 1. The smallest absolute Gasteiger partial charge is 0.328 e. The van der Waals surface area contributed by atoms with E-state index in [1.54, 1.807) is 35.4 Å². The third-order valence-electron chi connectivity index (χ3n) is 14.9. The fourth-order valence-corrected chi connectivity index (χ4v) is 11.2. The number of carbonyl (C=O) groups excluding carboxylic acids is 2. The number of ether oxygens (including phenoxy) is 1. The molecule has 0 radical (unpaired) electrons. The zero-order valence-corrected chi connectivity index (χ0v) is 35.9. The summed E-state index contributed by atoms with van der Waals surface area (Å²) in [6.07, 6.45) is 17.4. The molecule has 8 N–H and O–H groups in total. The number of fused-ring (bicyclic) bond motifs is 3. The van der Waals surface area contributed by atoms with E-state index in [4.69, 9.17) is 26.9 Å². The summed E-state index contributed by atoms with van der Waals surface area (Å²) in [5.74, 6) is 0.500. The van der Waals surface area contributed by atoms with Gasteiger partial charge in [-0.2, -0.15) is 0 Å². The molecule has 6 fully saturated rings. The number of pyridine rings is 1. The van der Waals surface area contributed by atoms with Crippen molar-refractivity contribution in [3.63, 3.8) is 0 Å². The van der Waals surface area contributed by atoms with Gasteiger partial charge in [0.15, 0.2) is 11.6 Å². The number of nitrogens with zero attached hydrogens (tertiary/aromatic N) is 6. The second kappa shape index (κ2) is 16.6. The summed E-state index contributed by atoms with van der Waals surface area (Å²) in [4.78, 5) is 38.0. The van der Waals surface area contributed by atoms with E-state index in [2.05, 4.69) is 36.8 Å². The molecule has 3 amide bonds. The number of nitrogens with two attached hydrogens (primary N) is 3. The highest BCUT2D eigenvalue weighted by molar-refractivity contribution is 6.06. The first-order valence-corrected chi connectivity index (χ1v) is 22.8. The van der Waals surface area contributed by atoms with Gasteiger partial charge < -0.3 is 41.4 Å². The fraction of sp³-hybridized carbons (Fsp3) is 0.479. The maximum Gasteiger partial charge on any atom is 0.328 e. The number of piperazine rings is 1. The minimum Gasteiger partial charge on any atom is -0.507 e. The quantitative estimate of drug-likeness (QED) is 0.108. The standard InChI is InChI=1S/C48H59FN10O4/c49-39-10-9-32(59-33-7-8-34(59)28-56(27-33)41(45(51)52)25-40(50)36-3-1-2-4-42(36)60)24-43(39)63-22-21-55-19-16-48(17-20-55)14-11-31(12-15-48)58-29-38(30-5-6-30)37-23-35(26-53-46(37)58)57-18-13-44(61)54-47(57)62/h1-4,9-10,23-26,29-31,33-34,60H,5-8,11-22,27-28,50-52H2,(H,54,61,62)/b40-25-. The van der Waals surface area contributed by atoms with Crippen molar-refractivity contribution in [2.24, 2.45) is 22.6 Å². The average molecular weight is 859 g/mol. The minimum absolute atomic E-state index is 0.0906. The number of carbonyl (C=O) groups is 2. The molecule has 15 heteroatoms. The van der Waals surface area contributed by atoms with Crippen LogP contribution in [-0.4, -0.2) is 94.4 Å². The molecule has 2 bridgehead atoms. The molecule has 332 valence electrons. The zero-order valence-electron chi connectivity index (χ0n) is 35.9. The van der Waals surface area contributed by atoms with E-state index >= 15 is 4.39 Å². The van der Waals surface area contributed by atoms with Crippen molar-refractivity contribution in [3.8, 4) is 11.5 Å².